The largest absolute Gasteiger partial charge is 0.493 e. The van der Waals surface area contributed by atoms with Gasteiger partial charge < -0.3 is 10.1 Å². The van der Waals surface area contributed by atoms with E-state index in [0.717, 1.165) is 56.9 Å². The number of nitrogens with zero attached hydrogens (tertiary/aromatic N) is 1. The summed E-state index contributed by atoms with van der Waals surface area (Å²) >= 11 is 0. The molecule has 1 saturated heterocycles. The van der Waals surface area contributed by atoms with Gasteiger partial charge in [-0.3, -0.25) is 19.2 Å². The van der Waals surface area contributed by atoms with Gasteiger partial charge in [-0.2, -0.15) is 0 Å². The Morgan fingerprint density at radius 2 is 1.86 bits per heavy atom. The number of likely N-dealkylation sites (tertiary alicyclic amines) is 1. The third-order valence-electron chi connectivity index (χ3n) is 9.35. The van der Waals surface area contributed by atoms with Crippen molar-refractivity contribution in [1.29, 1.82) is 0 Å². The van der Waals surface area contributed by atoms with Gasteiger partial charge in [0.1, 0.15) is 11.6 Å². The molecule has 1 aliphatic heterocycles. The number of ether oxygens (including phenoxy) is 1. The fourth-order valence-corrected chi connectivity index (χ4v) is 7.32. The van der Waals surface area contributed by atoms with Crippen molar-refractivity contribution >= 4 is 21.8 Å². The van der Waals surface area contributed by atoms with Crippen LogP contribution in [0.3, 0.4) is 0 Å². The Bertz CT molecular complexity index is 1480. The van der Waals surface area contributed by atoms with E-state index in [1.54, 1.807) is 25.1 Å². The highest BCUT2D eigenvalue weighted by Gasteiger charge is 2.41. The highest BCUT2D eigenvalue weighted by Crippen LogP contribution is 2.45. The van der Waals surface area contributed by atoms with Crippen molar-refractivity contribution in [2.45, 2.75) is 83.2 Å². The Balaban J connectivity index is 1.31. The molecular formula is C33H44FN3O5S. The van der Waals surface area contributed by atoms with E-state index in [4.69, 9.17) is 4.74 Å². The van der Waals surface area contributed by atoms with Crippen LogP contribution in [-0.4, -0.2) is 63.7 Å². The highest BCUT2D eigenvalue weighted by molar-refractivity contribution is 7.89. The van der Waals surface area contributed by atoms with E-state index < -0.39 is 21.8 Å². The van der Waals surface area contributed by atoms with Gasteiger partial charge in [0.15, 0.2) is 0 Å². The summed E-state index contributed by atoms with van der Waals surface area (Å²) < 4.78 is 47.0. The van der Waals surface area contributed by atoms with E-state index in [0.29, 0.717) is 29.0 Å². The van der Waals surface area contributed by atoms with Gasteiger partial charge in [0.2, 0.25) is 21.8 Å². The fourth-order valence-electron chi connectivity index (χ4n) is 6.78. The van der Waals surface area contributed by atoms with Crippen molar-refractivity contribution in [2.75, 3.05) is 26.5 Å². The van der Waals surface area contributed by atoms with E-state index in [-0.39, 0.29) is 41.1 Å². The first kappa shape index (κ1) is 31.4. The summed E-state index contributed by atoms with van der Waals surface area (Å²) in [6.07, 6.45) is 6.34. The molecule has 0 spiro atoms. The first-order valence-corrected chi connectivity index (χ1v) is 17.2. The monoisotopic (exact) mass is 613 g/mol. The zero-order valence-electron chi connectivity index (χ0n) is 25.8. The first-order valence-electron chi connectivity index (χ1n) is 15.3. The van der Waals surface area contributed by atoms with E-state index >= 15 is 4.39 Å². The molecule has 2 atom stereocenters. The van der Waals surface area contributed by atoms with Gasteiger partial charge in [-0.1, -0.05) is 38.5 Å². The number of hydrogen-bond acceptors (Lipinski definition) is 6. The van der Waals surface area contributed by atoms with Crippen LogP contribution in [-0.2, 0) is 19.6 Å². The number of benzene rings is 2. The summed E-state index contributed by atoms with van der Waals surface area (Å²) in [7, 11) is -1.70. The molecule has 2 amide bonds. The smallest absolute Gasteiger partial charge is 0.240 e. The molecule has 43 heavy (non-hydrogen) atoms. The van der Waals surface area contributed by atoms with Crippen molar-refractivity contribution in [3.63, 3.8) is 0 Å². The summed E-state index contributed by atoms with van der Waals surface area (Å²) in [4.78, 5) is 27.7. The van der Waals surface area contributed by atoms with Gasteiger partial charge in [-0.05, 0) is 98.2 Å². The van der Waals surface area contributed by atoms with E-state index in [9.17, 15) is 18.0 Å². The van der Waals surface area contributed by atoms with Gasteiger partial charge in [-0.15, -0.1) is 0 Å². The molecular weight excluding hydrogens is 569 g/mol. The second-order valence-corrected chi connectivity index (χ2v) is 15.4. The third-order valence-corrected chi connectivity index (χ3v) is 9.93. The van der Waals surface area contributed by atoms with E-state index in [1.807, 2.05) is 19.2 Å². The fraction of sp³-hybridized carbons (Fsp3) is 0.576. The molecule has 0 bridgehead atoms. The number of likely N-dealkylation sites (N-methyl/N-ethyl adjacent to an activating group) is 1. The SMILES string of the molecule is C[C@H](C(=O)NS(C)(=O)=O)c1ccc(OCC2CC(NC(=O)[C@@H]3CC(C)(C)CN3C)C2)c(-c2cccc(F)c2C2CCC2)c1. The molecule has 5 rings (SSSR count). The molecule has 0 radical (unpaired) electrons. The number of sulfonamides is 1. The zero-order valence-corrected chi connectivity index (χ0v) is 26.6. The topological polar surface area (TPSA) is 105 Å². The number of nitrogens with one attached hydrogen (secondary N) is 2. The Hall–Kier alpha value is -2.98. The van der Waals surface area contributed by atoms with E-state index in [1.165, 1.54) is 6.07 Å². The van der Waals surface area contributed by atoms with Crippen molar-refractivity contribution in [2.24, 2.45) is 11.3 Å². The highest BCUT2D eigenvalue weighted by atomic mass is 32.2. The minimum absolute atomic E-state index is 0.0931. The molecule has 2 saturated carbocycles. The summed E-state index contributed by atoms with van der Waals surface area (Å²) in [5, 5.41) is 3.22. The normalized spacial score (nSPS) is 24.5. The molecule has 2 N–H and O–H groups in total. The minimum atomic E-state index is -3.71. The second-order valence-electron chi connectivity index (χ2n) is 13.7. The molecule has 1 heterocycles. The van der Waals surface area contributed by atoms with Crippen LogP contribution in [0.4, 0.5) is 4.39 Å². The van der Waals surface area contributed by atoms with Crippen LogP contribution in [0.15, 0.2) is 36.4 Å². The molecule has 234 valence electrons. The lowest BCUT2D eigenvalue weighted by atomic mass is 9.76. The maximum atomic E-state index is 15.2. The minimum Gasteiger partial charge on any atom is -0.493 e. The number of halogens is 1. The van der Waals surface area contributed by atoms with Gasteiger partial charge in [0.05, 0.1) is 24.8 Å². The predicted molar refractivity (Wildman–Crippen MR) is 165 cm³/mol. The first-order chi connectivity index (χ1) is 20.2. The summed E-state index contributed by atoms with van der Waals surface area (Å²) in [5.74, 6) is -0.547. The van der Waals surface area contributed by atoms with Crippen LogP contribution in [0.5, 0.6) is 5.75 Å². The van der Waals surface area contributed by atoms with Crippen LogP contribution >= 0.6 is 0 Å². The van der Waals surface area contributed by atoms with Crippen LogP contribution in [0, 0.1) is 17.2 Å². The van der Waals surface area contributed by atoms with Crippen molar-refractivity contribution < 1.29 is 27.1 Å². The second kappa shape index (κ2) is 12.2. The Morgan fingerprint density at radius 3 is 2.47 bits per heavy atom. The van der Waals surface area contributed by atoms with Gasteiger partial charge in [0.25, 0.3) is 0 Å². The summed E-state index contributed by atoms with van der Waals surface area (Å²) in [5.41, 5.74) is 2.83. The number of hydrogen-bond donors (Lipinski definition) is 2. The average molecular weight is 614 g/mol. The third kappa shape index (κ3) is 7.23. The Morgan fingerprint density at radius 1 is 1.14 bits per heavy atom. The van der Waals surface area contributed by atoms with Crippen LogP contribution in [0.25, 0.3) is 11.1 Å². The number of amides is 2. The van der Waals surface area contributed by atoms with Gasteiger partial charge >= 0.3 is 0 Å². The van der Waals surface area contributed by atoms with Crippen molar-refractivity contribution in [3.8, 4) is 16.9 Å². The number of rotatable bonds is 10. The molecule has 10 heteroatoms. The van der Waals surface area contributed by atoms with Gasteiger partial charge in [-0.25, -0.2) is 12.8 Å². The van der Waals surface area contributed by atoms with Crippen LogP contribution < -0.4 is 14.8 Å². The van der Waals surface area contributed by atoms with Crippen molar-refractivity contribution in [1.82, 2.24) is 14.9 Å². The van der Waals surface area contributed by atoms with Gasteiger partial charge in [0, 0.05) is 18.2 Å². The zero-order chi connectivity index (χ0) is 31.1. The maximum absolute atomic E-state index is 15.2. The van der Waals surface area contributed by atoms with Crippen molar-refractivity contribution in [3.05, 3.63) is 53.3 Å². The van der Waals surface area contributed by atoms with E-state index in [2.05, 4.69) is 28.8 Å². The lowest BCUT2D eigenvalue weighted by Gasteiger charge is -2.37. The standard InChI is InChI=1S/C33H44FN3O5S/c1-20(31(38)36-43(5,40)41)23-12-13-29(26(16-23)25-10-7-11-27(34)30(25)22-8-6-9-22)42-18-21-14-24(15-21)35-32(39)28-17-33(2,3)19-37(28)4/h7,10-13,16,20-22,24,28H,6,8-9,14-15,17-19H2,1-5H3,(H,35,39)(H,36,38)/t20-,21?,24?,28-/m0/s1. The predicted octanol–water partition coefficient (Wildman–Crippen LogP) is 4.94. The number of carbonyl (C=O) groups excluding carboxylic acids is 2. The average Bonchev–Trinajstić information content (AvgIpc) is 3.15. The maximum Gasteiger partial charge on any atom is 0.240 e. The lowest BCUT2D eigenvalue weighted by Crippen LogP contribution is -2.51. The summed E-state index contributed by atoms with van der Waals surface area (Å²) in [6, 6.07) is 10.5. The van der Waals surface area contributed by atoms with Crippen LogP contribution in [0.1, 0.15) is 82.3 Å². The summed E-state index contributed by atoms with van der Waals surface area (Å²) in [6.45, 7) is 7.39. The Kier molecular flexibility index (Phi) is 8.91. The molecule has 8 nitrogen and oxygen atoms in total. The molecule has 3 fully saturated rings. The quantitative estimate of drug-likeness (QED) is 0.393. The molecule has 3 aliphatic rings. The molecule has 0 aromatic heterocycles. The molecule has 2 aliphatic carbocycles. The molecule has 2 aromatic rings. The van der Waals surface area contributed by atoms with Crippen LogP contribution in [0.2, 0.25) is 0 Å². The molecule has 0 unspecified atom stereocenters. The molecule has 2 aromatic carbocycles. The lowest BCUT2D eigenvalue weighted by molar-refractivity contribution is -0.127. The Labute approximate surface area is 254 Å². The number of carbonyl (C=O) groups is 2.